The molecule has 0 aliphatic heterocycles. The lowest BCUT2D eigenvalue weighted by Crippen LogP contribution is -1.89. The van der Waals surface area contributed by atoms with Gasteiger partial charge in [0.15, 0.2) is 0 Å². The Labute approximate surface area is 70.7 Å². The normalized spacial score (nSPS) is 8.92. The minimum atomic E-state index is 0.407. The van der Waals surface area contributed by atoms with Crippen molar-refractivity contribution in [3.05, 3.63) is 29.6 Å². The highest BCUT2D eigenvalue weighted by Crippen LogP contribution is 2.01. The summed E-state index contributed by atoms with van der Waals surface area (Å²) in [6.07, 6.45) is 3.70. The average molecular weight is 160 g/mol. The predicted octanol–water partition coefficient (Wildman–Crippen LogP) is 1.08. The SMILES string of the molecule is N#Cc1ccc(CCC=O)cn1. The van der Waals surface area contributed by atoms with Gasteiger partial charge in [-0.1, -0.05) is 6.07 Å². The van der Waals surface area contributed by atoms with Gasteiger partial charge in [-0.25, -0.2) is 4.98 Å². The van der Waals surface area contributed by atoms with E-state index in [0.29, 0.717) is 18.5 Å². The zero-order chi connectivity index (χ0) is 8.81. The van der Waals surface area contributed by atoms with Crippen molar-refractivity contribution >= 4 is 6.29 Å². The third-order valence-electron chi connectivity index (χ3n) is 1.49. The maximum Gasteiger partial charge on any atom is 0.140 e. The summed E-state index contributed by atoms with van der Waals surface area (Å²) in [6.45, 7) is 0. The number of aromatic nitrogens is 1. The molecule has 0 spiro atoms. The van der Waals surface area contributed by atoms with Crippen LogP contribution in [0.1, 0.15) is 17.7 Å². The van der Waals surface area contributed by atoms with Crippen LogP contribution in [0.5, 0.6) is 0 Å². The maximum atomic E-state index is 10.0. The number of pyridine rings is 1. The van der Waals surface area contributed by atoms with E-state index >= 15 is 0 Å². The van der Waals surface area contributed by atoms with Gasteiger partial charge in [-0.15, -0.1) is 0 Å². The Hall–Kier alpha value is -1.69. The number of carbonyl (C=O) groups excluding carboxylic acids is 1. The first-order valence-electron chi connectivity index (χ1n) is 3.65. The van der Waals surface area contributed by atoms with Crippen LogP contribution in [0, 0.1) is 11.3 Å². The van der Waals surface area contributed by atoms with Crippen LogP contribution in [-0.4, -0.2) is 11.3 Å². The lowest BCUT2D eigenvalue weighted by molar-refractivity contribution is -0.107. The lowest BCUT2D eigenvalue weighted by atomic mass is 10.1. The van der Waals surface area contributed by atoms with Gasteiger partial charge in [0.1, 0.15) is 18.0 Å². The Balaban J connectivity index is 2.66. The summed E-state index contributed by atoms with van der Waals surface area (Å²) >= 11 is 0. The molecule has 0 saturated heterocycles. The molecule has 0 aromatic carbocycles. The Morgan fingerprint density at radius 1 is 1.58 bits per heavy atom. The van der Waals surface area contributed by atoms with E-state index in [-0.39, 0.29) is 0 Å². The van der Waals surface area contributed by atoms with Crippen LogP contribution in [0.4, 0.5) is 0 Å². The molecule has 0 unspecified atom stereocenters. The van der Waals surface area contributed by atoms with E-state index in [2.05, 4.69) is 4.98 Å². The van der Waals surface area contributed by atoms with Crippen molar-refractivity contribution in [2.45, 2.75) is 12.8 Å². The largest absolute Gasteiger partial charge is 0.303 e. The topological polar surface area (TPSA) is 53.8 Å². The molecule has 0 aliphatic carbocycles. The minimum absolute atomic E-state index is 0.407. The van der Waals surface area contributed by atoms with E-state index in [0.717, 1.165) is 11.8 Å². The van der Waals surface area contributed by atoms with Crippen molar-refractivity contribution in [1.29, 1.82) is 5.26 Å². The number of hydrogen-bond donors (Lipinski definition) is 0. The van der Waals surface area contributed by atoms with Crippen LogP contribution in [0.25, 0.3) is 0 Å². The molecule has 3 heteroatoms. The second-order valence-electron chi connectivity index (χ2n) is 2.37. The molecular formula is C9H8N2O. The fourth-order valence-corrected chi connectivity index (χ4v) is 0.864. The van der Waals surface area contributed by atoms with Gasteiger partial charge >= 0.3 is 0 Å². The standard InChI is InChI=1S/C9H8N2O/c10-6-9-4-3-8(7-11-9)2-1-5-12/h3-5,7H,1-2H2. The molecule has 0 N–H and O–H groups in total. The van der Waals surface area contributed by atoms with Crippen LogP contribution in [0.15, 0.2) is 18.3 Å². The van der Waals surface area contributed by atoms with E-state index < -0.39 is 0 Å². The van der Waals surface area contributed by atoms with Gasteiger partial charge in [-0.3, -0.25) is 0 Å². The molecule has 3 nitrogen and oxygen atoms in total. The summed E-state index contributed by atoms with van der Waals surface area (Å²) in [5.74, 6) is 0. The number of rotatable bonds is 3. The Morgan fingerprint density at radius 3 is 2.92 bits per heavy atom. The van der Waals surface area contributed by atoms with Crippen LogP contribution < -0.4 is 0 Å². The Morgan fingerprint density at radius 2 is 2.42 bits per heavy atom. The molecule has 1 rings (SSSR count). The smallest absolute Gasteiger partial charge is 0.140 e. The maximum absolute atomic E-state index is 10.0. The highest BCUT2D eigenvalue weighted by Gasteiger charge is 1.93. The first-order valence-corrected chi connectivity index (χ1v) is 3.65. The molecule has 60 valence electrons. The van der Waals surface area contributed by atoms with E-state index in [1.807, 2.05) is 12.1 Å². The highest BCUT2D eigenvalue weighted by atomic mass is 16.1. The zero-order valence-corrected chi connectivity index (χ0v) is 6.53. The van der Waals surface area contributed by atoms with Crippen molar-refractivity contribution in [3.63, 3.8) is 0 Å². The van der Waals surface area contributed by atoms with Crippen LogP contribution in [0.3, 0.4) is 0 Å². The second kappa shape index (κ2) is 4.24. The molecule has 0 atom stereocenters. The van der Waals surface area contributed by atoms with Crippen LogP contribution in [-0.2, 0) is 11.2 Å². The number of carbonyl (C=O) groups is 1. The van der Waals surface area contributed by atoms with Crippen molar-refractivity contribution in [2.24, 2.45) is 0 Å². The first-order chi connectivity index (χ1) is 5.86. The van der Waals surface area contributed by atoms with Crippen LogP contribution in [0.2, 0.25) is 0 Å². The fraction of sp³-hybridized carbons (Fsp3) is 0.222. The van der Waals surface area contributed by atoms with Gasteiger partial charge in [0.2, 0.25) is 0 Å². The molecule has 0 bridgehead atoms. The van der Waals surface area contributed by atoms with Crippen molar-refractivity contribution in [2.75, 3.05) is 0 Å². The lowest BCUT2D eigenvalue weighted by Gasteiger charge is -1.94. The molecule has 0 radical (unpaired) electrons. The average Bonchev–Trinajstić information content (AvgIpc) is 2.15. The van der Waals surface area contributed by atoms with Gasteiger partial charge in [0.05, 0.1) is 0 Å². The fourth-order valence-electron chi connectivity index (χ4n) is 0.864. The van der Waals surface area contributed by atoms with E-state index in [9.17, 15) is 4.79 Å². The summed E-state index contributed by atoms with van der Waals surface area (Å²) in [5.41, 5.74) is 1.39. The highest BCUT2D eigenvalue weighted by molar-refractivity contribution is 5.49. The molecule has 0 aliphatic rings. The van der Waals surface area contributed by atoms with Gasteiger partial charge < -0.3 is 4.79 Å². The van der Waals surface area contributed by atoms with Gasteiger partial charge in [0.25, 0.3) is 0 Å². The van der Waals surface area contributed by atoms with E-state index in [4.69, 9.17) is 5.26 Å². The zero-order valence-electron chi connectivity index (χ0n) is 6.53. The summed E-state index contributed by atoms with van der Waals surface area (Å²) in [7, 11) is 0. The quantitative estimate of drug-likeness (QED) is 0.622. The minimum Gasteiger partial charge on any atom is -0.303 e. The molecular weight excluding hydrogens is 152 g/mol. The van der Waals surface area contributed by atoms with Crippen molar-refractivity contribution in [3.8, 4) is 6.07 Å². The summed E-state index contributed by atoms with van der Waals surface area (Å²) < 4.78 is 0. The molecule has 0 fully saturated rings. The molecule has 1 heterocycles. The number of hydrogen-bond acceptors (Lipinski definition) is 3. The number of nitriles is 1. The third-order valence-corrected chi connectivity index (χ3v) is 1.49. The molecule has 1 aromatic rings. The second-order valence-corrected chi connectivity index (χ2v) is 2.37. The number of aryl methyl sites for hydroxylation is 1. The summed E-state index contributed by atoms with van der Waals surface area (Å²) in [4.78, 5) is 13.9. The van der Waals surface area contributed by atoms with Gasteiger partial charge in [-0.05, 0) is 18.1 Å². The first kappa shape index (κ1) is 8.41. The van der Waals surface area contributed by atoms with Crippen molar-refractivity contribution < 1.29 is 4.79 Å². The monoisotopic (exact) mass is 160 g/mol. The Bertz CT molecular complexity index is 297. The van der Waals surface area contributed by atoms with E-state index in [1.165, 1.54) is 0 Å². The summed E-state index contributed by atoms with van der Waals surface area (Å²) in [5, 5.41) is 8.44. The molecule has 0 amide bonds. The molecule has 12 heavy (non-hydrogen) atoms. The number of nitrogens with zero attached hydrogens (tertiary/aromatic N) is 2. The van der Waals surface area contributed by atoms with Gasteiger partial charge in [-0.2, -0.15) is 5.26 Å². The molecule has 1 aromatic heterocycles. The summed E-state index contributed by atoms with van der Waals surface area (Å²) in [6, 6.07) is 5.40. The number of aldehydes is 1. The molecule has 0 saturated carbocycles. The van der Waals surface area contributed by atoms with E-state index in [1.54, 1.807) is 12.3 Å². The predicted molar refractivity (Wildman–Crippen MR) is 43.3 cm³/mol. The van der Waals surface area contributed by atoms with Crippen molar-refractivity contribution in [1.82, 2.24) is 4.98 Å². The van der Waals surface area contributed by atoms with Gasteiger partial charge in [0, 0.05) is 12.6 Å². The third kappa shape index (κ3) is 2.17. The Kier molecular flexibility index (Phi) is 2.97. The van der Waals surface area contributed by atoms with Crippen LogP contribution >= 0.6 is 0 Å².